The molecule has 0 aliphatic carbocycles. The van der Waals surface area contributed by atoms with Gasteiger partial charge in [-0.05, 0) is 25.3 Å². The Bertz CT molecular complexity index is 358. The van der Waals surface area contributed by atoms with Gasteiger partial charge in [-0.25, -0.2) is 0 Å². The molecule has 152 valence electrons. The fraction of sp³-hybridized carbons (Fsp3) is 0.938. The van der Waals surface area contributed by atoms with Gasteiger partial charge in [-0.1, -0.05) is 13.8 Å². The standard InChI is InChI=1S/C16H32N4O2.3ClH/c1-3-19-6-8-20(9-7-19)12-13(2)11-18-16(21)15-5-4-14(10-17)22-15;;;/h13-15H,3-12,17H2,1-2H3,(H,18,21);3*1H/t13?,14-,15+;;;/m1.../s1. The summed E-state index contributed by atoms with van der Waals surface area (Å²) in [5.41, 5.74) is 5.58. The number of carbonyl (C=O) groups excluding carboxylic acids is 1. The summed E-state index contributed by atoms with van der Waals surface area (Å²) >= 11 is 0. The number of rotatable bonds is 7. The lowest BCUT2D eigenvalue weighted by Gasteiger charge is -2.35. The van der Waals surface area contributed by atoms with Gasteiger partial charge in [0.05, 0.1) is 6.10 Å². The number of likely N-dealkylation sites (N-methyl/N-ethyl adjacent to an activating group) is 1. The molecular weight excluding hydrogens is 387 g/mol. The van der Waals surface area contributed by atoms with E-state index in [2.05, 4.69) is 29.0 Å². The maximum atomic E-state index is 12.1. The fourth-order valence-electron chi connectivity index (χ4n) is 3.25. The molecule has 2 heterocycles. The topological polar surface area (TPSA) is 70.8 Å². The number of carbonyl (C=O) groups is 1. The van der Waals surface area contributed by atoms with Crippen molar-refractivity contribution >= 4 is 43.1 Å². The highest BCUT2D eigenvalue weighted by molar-refractivity contribution is 5.86. The Morgan fingerprint density at radius 2 is 1.76 bits per heavy atom. The number of nitrogens with two attached hydrogens (primary N) is 1. The third-order valence-electron chi connectivity index (χ3n) is 4.77. The second-order valence-corrected chi connectivity index (χ2v) is 6.64. The van der Waals surface area contributed by atoms with E-state index in [0.717, 1.165) is 58.7 Å². The van der Waals surface area contributed by atoms with Crippen LogP contribution in [0.3, 0.4) is 0 Å². The molecule has 2 aliphatic rings. The van der Waals surface area contributed by atoms with Crippen LogP contribution in [0.25, 0.3) is 0 Å². The van der Waals surface area contributed by atoms with Crippen molar-refractivity contribution in [1.29, 1.82) is 0 Å². The van der Waals surface area contributed by atoms with Crippen molar-refractivity contribution in [2.75, 3.05) is 52.4 Å². The van der Waals surface area contributed by atoms with Gasteiger partial charge in [-0.15, -0.1) is 37.2 Å². The highest BCUT2D eigenvalue weighted by Gasteiger charge is 2.29. The summed E-state index contributed by atoms with van der Waals surface area (Å²) in [5, 5.41) is 3.04. The zero-order valence-electron chi connectivity index (χ0n) is 15.3. The van der Waals surface area contributed by atoms with Crippen LogP contribution in [0.2, 0.25) is 0 Å². The van der Waals surface area contributed by atoms with Gasteiger partial charge in [0.15, 0.2) is 0 Å². The summed E-state index contributed by atoms with van der Waals surface area (Å²) in [6.07, 6.45) is 1.45. The largest absolute Gasteiger partial charge is 0.364 e. The number of nitrogens with zero attached hydrogens (tertiary/aromatic N) is 2. The monoisotopic (exact) mass is 420 g/mol. The summed E-state index contributed by atoms with van der Waals surface area (Å²) in [7, 11) is 0. The molecule has 0 bridgehead atoms. The van der Waals surface area contributed by atoms with E-state index in [0.29, 0.717) is 12.5 Å². The van der Waals surface area contributed by atoms with Crippen molar-refractivity contribution in [2.24, 2.45) is 11.7 Å². The van der Waals surface area contributed by atoms with Crippen LogP contribution in [0.15, 0.2) is 0 Å². The van der Waals surface area contributed by atoms with E-state index in [1.807, 2.05) is 0 Å². The van der Waals surface area contributed by atoms with E-state index in [-0.39, 0.29) is 55.3 Å². The van der Waals surface area contributed by atoms with Crippen molar-refractivity contribution in [3.8, 4) is 0 Å². The molecule has 0 saturated carbocycles. The summed E-state index contributed by atoms with van der Waals surface area (Å²) < 4.78 is 5.63. The lowest BCUT2D eigenvalue weighted by Crippen LogP contribution is -2.48. The summed E-state index contributed by atoms with van der Waals surface area (Å²) in [6.45, 7) is 12.4. The number of amides is 1. The molecule has 1 unspecified atom stereocenters. The zero-order valence-corrected chi connectivity index (χ0v) is 17.8. The second-order valence-electron chi connectivity index (χ2n) is 6.64. The van der Waals surface area contributed by atoms with Crippen molar-refractivity contribution in [2.45, 2.75) is 38.9 Å². The normalized spacial score (nSPS) is 25.2. The molecule has 3 N–H and O–H groups in total. The smallest absolute Gasteiger partial charge is 0.249 e. The number of hydrogen-bond acceptors (Lipinski definition) is 5. The third-order valence-corrected chi connectivity index (χ3v) is 4.77. The Labute approximate surface area is 170 Å². The Morgan fingerprint density at radius 1 is 1.16 bits per heavy atom. The van der Waals surface area contributed by atoms with E-state index in [1.54, 1.807) is 0 Å². The van der Waals surface area contributed by atoms with Crippen LogP contribution in [0.5, 0.6) is 0 Å². The first-order valence-corrected chi connectivity index (χ1v) is 8.70. The maximum absolute atomic E-state index is 12.1. The van der Waals surface area contributed by atoms with E-state index >= 15 is 0 Å². The van der Waals surface area contributed by atoms with Crippen LogP contribution in [0.4, 0.5) is 0 Å². The molecule has 25 heavy (non-hydrogen) atoms. The SMILES string of the molecule is CCN1CCN(CC(C)CNC(=O)[C@@H]2CC[C@H](CN)O2)CC1.Cl.Cl.Cl. The van der Waals surface area contributed by atoms with E-state index in [1.165, 1.54) is 0 Å². The lowest BCUT2D eigenvalue weighted by atomic mass is 10.1. The van der Waals surface area contributed by atoms with Gasteiger partial charge in [-0.2, -0.15) is 0 Å². The first kappa shape index (κ1) is 27.4. The van der Waals surface area contributed by atoms with Gasteiger partial charge in [0, 0.05) is 45.8 Å². The molecule has 6 nitrogen and oxygen atoms in total. The van der Waals surface area contributed by atoms with E-state index in [9.17, 15) is 4.79 Å². The van der Waals surface area contributed by atoms with E-state index in [4.69, 9.17) is 10.5 Å². The van der Waals surface area contributed by atoms with Gasteiger partial charge in [0.25, 0.3) is 0 Å². The third kappa shape index (κ3) is 9.09. The highest BCUT2D eigenvalue weighted by atomic mass is 35.5. The van der Waals surface area contributed by atoms with Crippen LogP contribution >= 0.6 is 37.2 Å². The lowest BCUT2D eigenvalue weighted by molar-refractivity contribution is -0.132. The van der Waals surface area contributed by atoms with Crippen LogP contribution in [-0.4, -0.2) is 80.3 Å². The Hall–Kier alpha value is 0.180. The van der Waals surface area contributed by atoms with E-state index < -0.39 is 0 Å². The van der Waals surface area contributed by atoms with Gasteiger partial charge >= 0.3 is 0 Å². The second kappa shape index (κ2) is 14.3. The molecule has 2 rings (SSSR count). The van der Waals surface area contributed by atoms with Crippen molar-refractivity contribution in [3.05, 3.63) is 0 Å². The Kier molecular flexibility index (Phi) is 15.6. The van der Waals surface area contributed by atoms with Crippen LogP contribution in [0, 0.1) is 5.92 Å². The average Bonchev–Trinajstić information content (AvgIpc) is 3.02. The summed E-state index contributed by atoms with van der Waals surface area (Å²) in [6, 6.07) is 0. The average molecular weight is 422 g/mol. The van der Waals surface area contributed by atoms with Crippen LogP contribution < -0.4 is 11.1 Å². The molecule has 0 aromatic heterocycles. The highest BCUT2D eigenvalue weighted by Crippen LogP contribution is 2.18. The molecule has 0 spiro atoms. The molecule has 0 aromatic carbocycles. The molecule has 0 radical (unpaired) electrons. The first-order valence-electron chi connectivity index (χ1n) is 8.70. The number of piperazine rings is 1. The Balaban J connectivity index is 0. The predicted octanol–water partition coefficient (Wildman–Crippen LogP) is 1.15. The predicted molar refractivity (Wildman–Crippen MR) is 109 cm³/mol. The van der Waals surface area contributed by atoms with Crippen molar-refractivity contribution in [3.63, 3.8) is 0 Å². The van der Waals surface area contributed by atoms with Crippen LogP contribution in [0.1, 0.15) is 26.7 Å². The molecule has 9 heteroatoms. The minimum Gasteiger partial charge on any atom is -0.364 e. The fourth-order valence-corrected chi connectivity index (χ4v) is 3.25. The Morgan fingerprint density at radius 3 is 2.28 bits per heavy atom. The van der Waals surface area contributed by atoms with Crippen molar-refractivity contribution < 1.29 is 9.53 Å². The number of halogens is 3. The number of ether oxygens (including phenoxy) is 1. The van der Waals surface area contributed by atoms with Gasteiger partial charge < -0.3 is 25.6 Å². The molecule has 2 aliphatic heterocycles. The summed E-state index contributed by atoms with van der Waals surface area (Å²) in [4.78, 5) is 17.1. The van der Waals surface area contributed by atoms with Crippen molar-refractivity contribution in [1.82, 2.24) is 15.1 Å². The van der Waals surface area contributed by atoms with Gasteiger partial charge in [0.2, 0.25) is 5.91 Å². The number of hydrogen-bond donors (Lipinski definition) is 2. The maximum Gasteiger partial charge on any atom is 0.249 e. The quantitative estimate of drug-likeness (QED) is 0.645. The van der Waals surface area contributed by atoms with Gasteiger partial charge in [-0.3, -0.25) is 4.79 Å². The molecule has 3 atom stereocenters. The molecule has 0 aromatic rings. The number of nitrogens with one attached hydrogen (secondary N) is 1. The zero-order chi connectivity index (χ0) is 15.9. The molecule has 2 fully saturated rings. The molecule has 2 saturated heterocycles. The molecule has 1 amide bonds. The minimum absolute atomic E-state index is 0. The summed E-state index contributed by atoms with van der Waals surface area (Å²) in [5.74, 6) is 0.488. The molecular formula is C16H35Cl3N4O2. The minimum atomic E-state index is -0.297. The van der Waals surface area contributed by atoms with Crippen LogP contribution in [-0.2, 0) is 9.53 Å². The first-order chi connectivity index (χ1) is 10.6. The van der Waals surface area contributed by atoms with Gasteiger partial charge in [0.1, 0.15) is 6.10 Å².